The molecule has 0 amide bonds. The van der Waals surface area contributed by atoms with Crippen molar-refractivity contribution in [3.05, 3.63) is 164 Å². The van der Waals surface area contributed by atoms with E-state index in [0.29, 0.717) is 17.5 Å². The smallest absolute Gasteiger partial charge is 0.164 e. The van der Waals surface area contributed by atoms with Crippen molar-refractivity contribution in [1.29, 1.82) is 0 Å². The highest BCUT2D eigenvalue weighted by Crippen LogP contribution is 2.38. The van der Waals surface area contributed by atoms with Gasteiger partial charge in [0.15, 0.2) is 17.5 Å². The summed E-state index contributed by atoms with van der Waals surface area (Å²) < 4.78 is 5.04. The molecular formula is C45H27N3S2. The van der Waals surface area contributed by atoms with E-state index in [1.165, 1.54) is 57.0 Å². The lowest BCUT2D eigenvalue weighted by molar-refractivity contribution is 1.08. The molecule has 0 aliphatic heterocycles. The fourth-order valence-electron chi connectivity index (χ4n) is 6.81. The molecule has 10 rings (SSSR count). The molecule has 0 radical (unpaired) electrons. The van der Waals surface area contributed by atoms with Crippen LogP contribution in [-0.2, 0) is 0 Å². The van der Waals surface area contributed by atoms with Gasteiger partial charge in [0.25, 0.3) is 0 Å². The largest absolute Gasteiger partial charge is 0.208 e. The quantitative estimate of drug-likeness (QED) is 0.182. The Kier molecular flexibility index (Phi) is 6.86. The van der Waals surface area contributed by atoms with Gasteiger partial charge in [0.1, 0.15) is 0 Å². The minimum atomic E-state index is 0.654. The molecule has 3 aromatic heterocycles. The molecule has 0 bridgehead atoms. The fourth-order valence-corrected chi connectivity index (χ4v) is 9.05. The highest BCUT2D eigenvalue weighted by molar-refractivity contribution is 7.26. The van der Waals surface area contributed by atoms with E-state index in [-0.39, 0.29) is 0 Å². The predicted octanol–water partition coefficient (Wildman–Crippen LogP) is 12.9. The van der Waals surface area contributed by atoms with Gasteiger partial charge in [-0.1, -0.05) is 121 Å². The monoisotopic (exact) mass is 673 g/mol. The van der Waals surface area contributed by atoms with Crippen molar-refractivity contribution >= 4 is 63.0 Å². The molecule has 0 fully saturated rings. The van der Waals surface area contributed by atoms with Gasteiger partial charge in [-0.2, -0.15) is 0 Å². The second-order valence-electron chi connectivity index (χ2n) is 12.4. The Morgan fingerprint density at radius 1 is 0.260 bits per heavy atom. The van der Waals surface area contributed by atoms with Crippen LogP contribution in [0.3, 0.4) is 0 Å². The van der Waals surface area contributed by atoms with Crippen LogP contribution in [0, 0.1) is 0 Å². The zero-order valence-corrected chi connectivity index (χ0v) is 28.4. The van der Waals surface area contributed by atoms with Crippen molar-refractivity contribution in [2.24, 2.45) is 0 Å². The first kappa shape index (κ1) is 29.0. The Bertz CT molecular complexity index is 2870. The zero-order valence-electron chi connectivity index (χ0n) is 26.7. The van der Waals surface area contributed by atoms with Crippen LogP contribution in [0.4, 0.5) is 0 Å². The average molecular weight is 674 g/mol. The zero-order chi connectivity index (χ0) is 33.0. The number of rotatable bonds is 5. The van der Waals surface area contributed by atoms with E-state index in [9.17, 15) is 0 Å². The third-order valence-electron chi connectivity index (χ3n) is 9.35. The molecule has 0 atom stereocenters. The molecule has 3 nitrogen and oxygen atoms in total. The van der Waals surface area contributed by atoms with Crippen molar-refractivity contribution in [2.75, 3.05) is 0 Å². The summed E-state index contributed by atoms with van der Waals surface area (Å²) in [5, 5.41) is 5.01. The van der Waals surface area contributed by atoms with Crippen LogP contribution in [-0.4, -0.2) is 15.0 Å². The van der Waals surface area contributed by atoms with E-state index in [0.717, 1.165) is 22.3 Å². The summed E-state index contributed by atoms with van der Waals surface area (Å²) in [6.45, 7) is 0. The Labute approximate surface area is 296 Å². The molecule has 0 saturated heterocycles. The molecule has 3 heterocycles. The van der Waals surface area contributed by atoms with Crippen LogP contribution >= 0.6 is 22.7 Å². The van der Waals surface area contributed by atoms with Crippen molar-refractivity contribution < 1.29 is 0 Å². The molecule has 0 spiro atoms. The Morgan fingerprint density at radius 2 is 0.720 bits per heavy atom. The van der Waals surface area contributed by atoms with Crippen molar-refractivity contribution in [1.82, 2.24) is 15.0 Å². The molecule has 0 saturated carbocycles. The third kappa shape index (κ3) is 5.07. The third-order valence-corrected chi connectivity index (χ3v) is 11.6. The van der Waals surface area contributed by atoms with E-state index in [4.69, 9.17) is 15.0 Å². The SMILES string of the molecule is c1ccc(-c2cccc(-c3ccc(-c4nc(-c5ccc6c(c5)sc5ccccc56)nc(-c5ccc6sc7ccccc7c6c5)n4)cc3)c2)cc1. The number of benzene rings is 7. The summed E-state index contributed by atoms with van der Waals surface area (Å²) in [5.74, 6) is 1.99. The maximum atomic E-state index is 5.12. The number of fused-ring (bicyclic) bond motifs is 6. The fraction of sp³-hybridized carbons (Fsp3) is 0. The number of hydrogen-bond donors (Lipinski definition) is 0. The lowest BCUT2D eigenvalue weighted by Crippen LogP contribution is -2.00. The van der Waals surface area contributed by atoms with E-state index < -0.39 is 0 Å². The van der Waals surface area contributed by atoms with E-state index in [1.807, 2.05) is 11.3 Å². The average Bonchev–Trinajstić information content (AvgIpc) is 3.76. The minimum Gasteiger partial charge on any atom is -0.208 e. The molecule has 0 unspecified atom stereocenters. The molecule has 10 aromatic rings. The minimum absolute atomic E-state index is 0.654. The van der Waals surface area contributed by atoms with Gasteiger partial charge in [-0.25, -0.2) is 15.0 Å². The second-order valence-corrected chi connectivity index (χ2v) is 14.6. The Hall–Kier alpha value is -6.01. The van der Waals surface area contributed by atoms with Gasteiger partial charge in [0.05, 0.1) is 0 Å². The summed E-state index contributed by atoms with van der Waals surface area (Å²) in [5.41, 5.74) is 7.62. The van der Waals surface area contributed by atoms with Crippen LogP contribution < -0.4 is 0 Å². The number of thiophene rings is 2. The maximum absolute atomic E-state index is 5.12. The van der Waals surface area contributed by atoms with Gasteiger partial charge < -0.3 is 0 Å². The van der Waals surface area contributed by atoms with Gasteiger partial charge in [-0.15, -0.1) is 22.7 Å². The van der Waals surface area contributed by atoms with Gasteiger partial charge in [-0.05, 0) is 64.7 Å². The molecule has 234 valence electrons. The standard InChI is InChI=1S/C45H27N3S2/c1-2-9-28(10-3-1)31-11-8-12-32(25-31)29-17-19-30(20-18-29)43-46-44(33-22-24-41-38(26-33)36-14-5-7-16-40(36)49-41)48-45(47-43)34-21-23-37-35-13-4-6-15-39(35)50-42(37)27-34/h1-27H. The molecule has 0 N–H and O–H groups in total. The highest BCUT2D eigenvalue weighted by Gasteiger charge is 2.16. The normalized spacial score (nSPS) is 11.6. The van der Waals surface area contributed by atoms with Crippen LogP contribution in [0.15, 0.2) is 164 Å². The summed E-state index contributed by atoms with van der Waals surface area (Å²) in [4.78, 5) is 15.3. The summed E-state index contributed by atoms with van der Waals surface area (Å²) >= 11 is 3.62. The molecule has 0 aliphatic carbocycles. The van der Waals surface area contributed by atoms with E-state index in [1.54, 1.807) is 11.3 Å². The molecular weight excluding hydrogens is 647 g/mol. The van der Waals surface area contributed by atoms with E-state index in [2.05, 4.69) is 164 Å². The number of hydrogen-bond acceptors (Lipinski definition) is 5. The first-order valence-electron chi connectivity index (χ1n) is 16.6. The summed E-state index contributed by atoms with van der Waals surface area (Å²) in [6.07, 6.45) is 0. The Balaban J connectivity index is 1.10. The van der Waals surface area contributed by atoms with Crippen molar-refractivity contribution in [3.8, 4) is 56.4 Å². The molecule has 5 heteroatoms. The van der Waals surface area contributed by atoms with Crippen LogP contribution in [0.25, 0.3) is 96.8 Å². The first-order chi connectivity index (χ1) is 24.7. The van der Waals surface area contributed by atoms with Gasteiger partial charge in [-0.3, -0.25) is 0 Å². The topological polar surface area (TPSA) is 38.7 Å². The van der Waals surface area contributed by atoms with Crippen LogP contribution in [0.5, 0.6) is 0 Å². The molecule has 50 heavy (non-hydrogen) atoms. The predicted molar refractivity (Wildman–Crippen MR) is 213 cm³/mol. The van der Waals surface area contributed by atoms with E-state index >= 15 is 0 Å². The highest BCUT2D eigenvalue weighted by atomic mass is 32.1. The lowest BCUT2D eigenvalue weighted by atomic mass is 9.98. The number of aromatic nitrogens is 3. The second kappa shape index (κ2) is 11.8. The lowest BCUT2D eigenvalue weighted by Gasteiger charge is -2.10. The first-order valence-corrected chi connectivity index (χ1v) is 18.2. The maximum Gasteiger partial charge on any atom is 0.164 e. The van der Waals surface area contributed by atoms with Crippen LogP contribution in [0.1, 0.15) is 0 Å². The molecule has 7 aromatic carbocycles. The van der Waals surface area contributed by atoms with Gasteiger partial charge in [0.2, 0.25) is 0 Å². The summed E-state index contributed by atoms with van der Waals surface area (Å²) in [7, 11) is 0. The summed E-state index contributed by atoms with van der Waals surface area (Å²) in [6, 6.07) is 58.1. The van der Waals surface area contributed by atoms with Crippen molar-refractivity contribution in [2.45, 2.75) is 0 Å². The van der Waals surface area contributed by atoms with Crippen molar-refractivity contribution in [3.63, 3.8) is 0 Å². The van der Waals surface area contributed by atoms with Gasteiger partial charge in [0, 0.05) is 57.0 Å². The number of nitrogens with zero attached hydrogens (tertiary/aromatic N) is 3. The Morgan fingerprint density at radius 3 is 1.44 bits per heavy atom. The van der Waals surface area contributed by atoms with Gasteiger partial charge >= 0.3 is 0 Å². The van der Waals surface area contributed by atoms with Crippen LogP contribution in [0.2, 0.25) is 0 Å². The molecule has 0 aliphatic rings.